The molecule has 2 rings (SSSR count). The van der Waals surface area contributed by atoms with Gasteiger partial charge in [-0.1, -0.05) is 40.3 Å². The van der Waals surface area contributed by atoms with E-state index < -0.39 is 15.8 Å². The summed E-state index contributed by atoms with van der Waals surface area (Å²) in [6.07, 6.45) is 0. The van der Waals surface area contributed by atoms with Gasteiger partial charge in [0, 0.05) is 4.47 Å². The van der Waals surface area contributed by atoms with E-state index in [-0.39, 0.29) is 21.1 Å². The lowest BCUT2D eigenvalue weighted by atomic mass is 10.2. The minimum atomic E-state index is -3.87. The van der Waals surface area contributed by atoms with Gasteiger partial charge in [-0.05, 0) is 30.3 Å². The zero-order chi connectivity index (χ0) is 15.6. The van der Waals surface area contributed by atoms with Gasteiger partial charge in [-0.3, -0.25) is 4.72 Å². The minimum absolute atomic E-state index is 0.00229. The summed E-state index contributed by atoms with van der Waals surface area (Å²) in [6, 6.07) is 10.1. The average molecular weight is 389 g/mol. The Hall–Kier alpha value is -1.51. The van der Waals surface area contributed by atoms with E-state index in [4.69, 9.17) is 18.0 Å². The molecule has 0 bridgehead atoms. The highest BCUT2D eigenvalue weighted by molar-refractivity contribution is 9.10. The molecule has 0 fully saturated rings. The third-order valence-corrected chi connectivity index (χ3v) is 4.67. The third-order valence-electron chi connectivity index (χ3n) is 2.61. The largest absolute Gasteiger partial charge is 0.389 e. The fourth-order valence-corrected chi connectivity index (χ4v) is 3.57. The lowest BCUT2D eigenvalue weighted by Gasteiger charge is -2.12. The van der Waals surface area contributed by atoms with Crippen LogP contribution in [0.15, 0.2) is 51.8 Å². The van der Waals surface area contributed by atoms with Crippen LogP contribution in [0.5, 0.6) is 0 Å². The van der Waals surface area contributed by atoms with Crippen molar-refractivity contribution in [3.05, 3.63) is 58.3 Å². The first-order valence-corrected chi connectivity index (χ1v) is 8.36. The molecule has 0 aliphatic carbocycles. The minimum Gasteiger partial charge on any atom is -0.389 e. The van der Waals surface area contributed by atoms with Crippen molar-refractivity contribution in [3.63, 3.8) is 0 Å². The van der Waals surface area contributed by atoms with Gasteiger partial charge in [-0.15, -0.1) is 0 Å². The maximum absolute atomic E-state index is 13.7. The number of nitrogens with two attached hydrogens (primary N) is 1. The highest BCUT2D eigenvalue weighted by Crippen LogP contribution is 2.23. The van der Waals surface area contributed by atoms with Gasteiger partial charge in [0.2, 0.25) is 0 Å². The van der Waals surface area contributed by atoms with Gasteiger partial charge in [0.25, 0.3) is 10.0 Å². The standard InChI is InChI=1S/C13H10BrFN2O2S2/c14-8-3-1-4-9(7-8)21(18,19)17-11-6-2-5-10(15)12(11)13(16)20/h1-7,17H,(H2,16,20). The molecule has 0 saturated heterocycles. The van der Waals surface area contributed by atoms with Crippen LogP contribution in [0.1, 0.15) is 5.56 Å². The topological polar surface area (TPSA) is 72.2 Å². The molecule has 0 radical (unpaired) electrons. The molecule has 110 valence electrons. The summed E-state index contributed by atoms with van der Waals surface area (Å²) < 4.78 is 41.2. The van der Waals surface area contributed by atoms with Gasteiger partial charge in [0.05, 0.1) is 16.1 Å². The fraction of sp³-hybridized carbons (Fsp3) is 0. The summed E-state index contributed by atoms with van der Waals surface area (Å²) in [5.74, 6) is -0.683. The average Bonchev–Trinajstić information content (AvgIpc) is 2.37. The van der Waals surface area contributed by atoms with Gasteiger partial charge in [-0.2, -0.15) is 0 Å². The van der Waals surface area contributed by atoms with Gasteiger partial charge in [-0.25, -0.2) is 12.8 Å². The number of sulfonamides is 1. The Morgan fingerprint density at radius 1 is 1.24 bits per heavy atom. The predicted molar refractivity (Wildman–Crippen MR) is 87.2 cm³/mol. The van der Waals surface area contributed by atoms with Gasteiger partial charge >= 0.3 is 0 Å². The first-order chi connectivity index (χ1) is 9.81. The highest BCUT2D eigenvalue weighted by Gasteiger charge is 2.19. The molecule has 8 heteroatoms. The number of benzene rings is 2. The van der Waals surface area contributed by atoms with Crippen molar-refractivity contribution in [2.45, 2.75) is 4.90 Å². The molecule has 2 aromatic carbocycles. The van der Waals surface area contributed by atoms with Crippen LogP contribution < -0.4 is 10.5 Å². The first-order valence-electron chi connectivity index (χ1n) is 5.68. The smallest absolute Gasteiger partial charge is 0.261 e. The molecule has 0 spiro atoms. The molecule has 0 amide bonds. The second-order valence-electron chi connectivity index (χ2n) is 4.09. The van der Waals surface area contributed by atoms with Crippen LogP contribution >= 0.6 is 28.1 Å². The van der Waals surface area contributed by atoms with Crippen LogP contribution in [0.3, 0.4) is 0 Å². The molecular formula is C13H10BrFN2O2S2. The molecule has 4 nitrogen and oxygen atoms in total. The second kappa shape index (κ2) is 6.08. The van der Waals surface area contributed by atoms with E-state index in [1.807, 2.05) is 0 Å². The van der Waals surface area contributed by atoms with Crippen LogP contribution in [0.4, 0.5) is 10.1 Å². The molecule has 3 N–H and O–H groups in total. The quantitative estimate of drug-likeness (QED) is 0.789. The van der Waals surface area contributed by atoms with Gasteiger partial charge < -0.3 is 5.73 Å². The lowest BCUT2D eigenvalue weighted by molar-refractivity contribution is 0.601. The van der Waals surface area contributed by atoms with Gasteiger partial charge in [0.15, 0.2) is 0 Å². The molecule has 0 aliphatic rings. The summed E-state index contributed by atoms with van der Waals surface area (Å²) in [7, 11) is -3.87. The summed E-state index contributed by atoms with van der Waals surface area (Å²) in [6.45, 7) is 0. The van der Waals surface area contributed by atoms with Crippen molar-refractivity contribution in [2.75, 3.05) is 4.72 Å². The van der Waals surface area contributed by atoms with Crippen molar-refractivity contribution < 1.29 is 12.8 Å². The lowest BCUT2D eigenvalue weighted by Crippen LogP contribution is -2.19. The van der Waals surface area contributed by atoms with E-state index >= 15 is 0 Å². The monoisotopic (exact) mass is 388 g/mol. The predicted octanol–water partition coefficient (Wildman–Crippen LogP) is 3.02. The number of nitrogens with one attached hydrogen (secondary N) is 1. The number of thiocarbonyl (C=S) groups is 1. The number of hydrogen-bond acceptors (Lipinski definition) is 3. The fourth-order valence-electron chi connectivity index (χ4n) is 1.70. The van der Waals surface area contributed by atoms with E-state index in [0.29, 0.717) is 4.47 Å². The zero-order valence-electron chi connectivity index (χ0n) is 10.5. The van der Waals surface area contributed by atoms with E-state index in [1.165, 1.54) is 24.3 Å². The SMILES string of the molecule is NC(=S)c1c(F)cccc1NS(=O)(=O)c1cccc(Br)c1. The van der Waals surface area contributed by atoms with Crippen LogP contribution in [0.25, 0.3) is 0 Å². The zero-order valence-corrected chi connectivity index (χ0v) is 13.7. The summed E-state index contributed by atoms with van der Waals surface area (Å²) in [5, 5.41) is 0. The summed E-state index contributed by atoms with van der Waals surface area (Å²) >= 11 is 7.96. The first kappa shape index (κ1) is 15.9. The number of rotatable bonds is 4. The maximum atomic E-state index is 13.7. The van der Waals surface area contributed by atoms with Gasteiger partial charge in [0.1, 0.15) is 10.8 Å². The van der Waals surface area contributed by atoms with Crippen molar-refractivity contribution in [3.8, 4) is 0 Å². The molecule has 0 atom stereocenters. The van der Waals surface area contributed by atoms with Crippen LogP contribution in [-0.4, -0.2) is 13.4 Å². The molecule has 0 heterocycles. The third kappa shape index (κ3) is 3.58. The molecular weight excluding hydrogens is 379 g/mol. The van der Waals surface area contributed by atoms with E-state index in [2.05, 4.69) is 20.7 Å². The Morgan fingerprint density at radius 3 is 2.52 bits per heavy atom. The summed E-state index contributed by atoms with van der Waals surface area (Å²) in [5.41, 5.74) is 5.32. The number of halogens is 2. The van der Waals surface area contributed by atoms with E-state index in [9.17, 15) is 12.8 Å². The van der Waals surface area contributed by atoms with Crippen LogP contribution in [0, 0.1) is 5.82 Å². The number of anilines is 1. The molecule has 21 heavy (non-hydrogen) atoms. The van der Waals surface area contributed by atoms with E-state index in [1.54, 1.807) is 12.1 Å². The van der Waals surface area contributed by atoms with Crippen molar-refractivity contribution >= 4 is 48.8 Å². The molecule has 0 unspecified atom stereocenters. The van der Waals surface area contributed by atoms with Crippen molar-refractivity contribution in [2.24, 2.45) is 5.73 Å². The molecule has 0 aliphatic heterocycles. The Morgan fingerprint density at radius 2 is 1.90 bits per heavy atom. The Balaban J connectivity index is 2.47. The second-order valence-corrected chi connectivity index (χ2v) is 7.13. The summed E-state index contributed by atoms with van der Waals surface area (Å²) in [4.78, 5) is -0.185. The number of hydrogen-bond donors (Lipinski definition) is 2. The van der Waals surface area contributed by atoms with Crippen LogP contribution in [-0.2, 0) is 10.0 Å². The van der Waals surface area contributed by atoms with Crippen molar-refractivity contribution in [1.82, 2.24) is 0 Å². The maximum Gasteiger partial charge on any atom is 0.261 e. The molecule has 0 aromatic heterocycles. The molecule has 0 saturated carbocycles. The molecule has 2 aromatic rings. The van der Waals surface area contributed by atoms with Crippen molar-refractivity contribution in [1.29, 1.82) is 0 Å². The van der Waals surface area contributed by atoms with Crippen LogP contribution in [0.2, 0.25) is 0 Å². The Labute approximate surface area is 135 Å². The Bertz CT molecular complexity index is 810. The normalized spacial score (nSPS) is 11.1. The van der Waals surface area contributed by atoms with E-state index in [0.717, 1.165) is 6.07 Å². The Kier molecular flexibility index (Phi) is 4.60. The highest BCUT2D eigenvalue weighted by atomic mass is 79.9.